The van der Waals surface area contributed by atoms with Crippen LogP contribution in [0.25, 0.3) is 0 Å². The van der Waals surface area contributed by atoms with Crippen LogP contribution in [0.5, 0.6) is 0 Å². The Balaban J connectivity index is 2.36. The minimum absolute atomic E-state index is 0.532. The van der Waals surface area contributed by atoms with Gasteiger partial charge >= 0.3 is 11.9 Å². The summed E-state index contributed by atoms with van der Waals surface area (Å²) in [5.41, 5.74) is 0.222. The first-order chi connectivity index (χ1) is 8.74. The van der Waals surface area contributed by atoms with Gasteiger partial charge in [-0.25, -0.2) is 0 Å². The average Bonchev–Trinajstić information content (AvgIpc) is 2.26. The van der Waals surface area contributed by atoms with Gasteiger partial charge in [-0.05, 0) is 5.56 Å². The molecule has 0 amide bonds. The van der Waals surface area contributed by atoms with Gasteiger partial charge in [0.05, 0.1) is 0 Å². The molecule has 0 saturated carbocycles. The summed E-state index contributed by atoms with van der Waals surface area (Å²) < 4.78 is 10.4. The highest BCUT2D eigenvalue weighted by Gasteiger charge is 2.51. The zero-order valence-electron chi connectivity index (χ0n) is 11.6. The number of ether oxygens (including phenoxy) is 2. The number of esters is 2. The van der Waals surface area contributed by atoms with E-state index in [4.69, 9.17) is 9.47 Å². The highest BCUT2D eigenvalue weighted by molar-refractivity contribution is 5.98. The van der Waals surface area contributed by atoms with Crippen LogP contribution in [0.2, 0.25) is 0 Å². The lowest BCUT2D eigenvalue weighted by atomic mass is 9.73. The van der Waals surface area contributed by atoms with E-state index >= 15 is 0 Å². The minimum Gasteiger partial charge on any atom is -0.422 e. The van der Waals surface area contributed by atoms with Crippen molar-refractivity contribution in [1.82, 2.24) is 0 Å². The maximum Gasteiger partial charge on any atom is 0.324 e. The van der Waals surface area contributed by atoms with Crippen molar-refractivity contribution in [3.63, 3.8) is 0 Å². The van der Waals surface area contributed by atoms with Gasteiger partial charge in [0.15, 0.2) is 5.92 Å². The Bertz CT molecular complexity index is 482. The highest BCUT2D eigenvalue weighted by Crippen LogP contribution is 2.37. The molecule has 0 bridgehead atoms. The van der Waals surface area contributed by atoms with Crippen LogP contribution < -0.4 is 0 Å². The van der Waals surface area contributed by atoms with E-state index in [9.17, 15) is 9.59 Å². The standard InChI is InChI=1S/C15H18O4/c1-14(2,10-8-6-5-7-9-10)11-12(16)18-15(3,4)19-13(11)17/h5-9,11H,1-4H3. The van der Waals surface area contributed by atoms with Crippen molar-refractivity contribution in [1.29, 1.82) is 0 Å². The molecule has 0 aliphatic carbocycles. The Morgan fingerprint density at radius 1 is 1.00 bits per heavy atom. The van der Waals surface area contributed by atoms with Crippen LogP contribution in [-0.4, -0.2) is 17.7 Å². The van der Waals surface area contributed by atoms with E-state index in [0.29, 0.717) is 0 Å². The van der Waals surface area contributed by atoms with E-state index in [1.165, 1.54) is 0 Å². The molecule has 0 N–H and O–H groups in total. The van der Waals surface area contributed by atoms with Crippen LogP contribution in [0.1, 0.15) is 33.3 Å². The van der Waals surface area contributed by atoms with E-state index in [-0.39, 0.29) is 0 Å². The molecule has 102 valence electrons. The summed E-state index contributed by atoms with van der Waals surface area (Å²) in [6.45, 7) is 6.78. The normalized spacial score (nSPS) is 19.8. The fourth-order valence-electron chi connectivity index (χ4n) is 2.34. The van der Waals surface area contributed by atoms with Gasteiger partial charge in [0.2, 0.25) is 0 Å². The SMILES string of the molecule is CC1(C)OC(=O)C(C(C)(C)c2ccccc2)C(=O)O1. The molecule has 1 fully saturated rings. The highest BCUT2D eigenvalue weighted by atomic mass is 16.7. The monoisotopic (exact) mass is 262 g/mol. The number of cyclic esters (lactones) is 2. The lowest BCUT2D eigenvalue weighted by Gasteiger charge is -2.39. The summed E-state index contributed by atoms with van der Waals surface area (Å²) in [6, 6.07) is 9.42. The Hall–Kier alpha value is -1.84. The van der Waals surface area contributed by atoms with Gasteiger partial charge in [-0.2, -0.15) is 0 Å². The molecule has 0 radical (unpaired) electrons. The fraction of sp³-hybridized carbons (Fsp3) is 0.467. The zero-order chi connectivity index (χ0) is 14.3. The van der Waals surface area contributed by atoms with Crippen molar-refractivity contribution < 1.29 is 19.1 Å². The molecule has 19 heavy (non-hydrogen) atoms. The van der Waals surface area contributed by atoms with Crippen molar-refractivity contribution in [3.8, 4) is 0 Å². The second kappa shape index (κ2) is 4.37. The molecule has 1 aromatic rings. The second-order valence-electron chi connectivity index (χ2n) is 5.76. The van der Waals surface area contributed by atoms with E-state index in [0.717, 1.165) is 5.56 Å². The predicted octanol–water partition coefficient (Wildman–Crippen LogP) is 2.42. The van der Waals surface area contributed by atoms with Crippen molar-refractivity contribution in [2.24, 2.45) is 5.92 Å². The number of carbonyl (C=O) groups is 2. The number of rotatable bonds is 2. The summed E-state index contributed by atoms with van der Waals surface area (Å²) >= 11 is 0. The van der Waals surface area contributed by atoms with Crippen molar-refractivity contribution in [3.05, 3.63) is 35.9 Å². The molecular formula is C15H18O4. The first-order valence-electron chi connectivity index (χ1n) is 6.25. The molecule has 2 rings (SSSR count). The summed E-state index contributed by atoms with van der Waals surface area (Å²) in [5, 5.41) is 0. The van der Waals surface area contributed by atoms with Crippen LogP contribution in [0, 0.1) is 5.92 Å². The summed E-state index contributed by atoms with van der Waals surface area (Å²) in [4.78, 5) is 24.2. The molecule has 1 aromatic carbocycles. The maximum atomic E-state index is 12.1. The topological polar surface area (TPSA) is 52.6 Å². The molecule has 1 heterocycles. The van der Waals surface area contributed by atoms with Gasteiger partial charge in [0.25, 0.3) is 5.79 Å². The average molecular weight is 262 g/mol. The molecule has 4 heteroatoms. The van der Waals surface area contributed by atoms with E-state index < -0.39 is 29.1 Å². The zero-order valence-corrected chi connectivity index (χ0v) is 11.6. The molecule has 0 atom stereocenters. The van der Waals surface area contributed by atoms with E-state index in [1.54, 1.807) is 13.8 Å². The third kappa shape index (κ3) is 2.48. The number of benzene rings is 1. The molecule has 1 aliphatic rings. The van der Waals surface area contributed by atoms with Crippen LogP contribution in [0.15, 0.2) is 30.3 Å². The summed E-state index contributed by atoms with van der Waals surface area (Å²) in [7, 11) is 0. The molecule has 1 saturated heterocycles. The van der Waals surface area contributed by atoms with E-state index in [1.807, 2.05) is 44.2 Å². The van der Waals surface area contributed by atoms with Crippen LogP contribution in [0.4, 0.5) is 0 Å². The molecular weight excluding hydrogens is 244 g/mol. The quantitative estimate of drug-likeness (QED) is 0.606. The Kier molecular flexibility index (Phi) is 3.12. The van der Waals surface area contributed by atoms with Gasteiger partial charge < -0.3 is 9.47 Å². The number of hydrogen-bond donors (Lipinski definition) is 0. The van der Waals surface area contributed by atoms with Gasteiger partial charge in [0.1, 0.15) is 0 Å². The van der Waals surface area contributed by atoms with Crippen LogP contribution in [0.3, 0.4) is 0 Å². The predicted molar refractivity (Wildman–Crippen MR) is 69.2 cm³/mol. The Morgan fingerprint density at radius 2 is 1.47 bits per heavy atom. The van der Waals surface area contributed by atoms with Crippen LogP contribution in [-0.2, 0) is 24.5 Å². The third-order valence-corrected chi connectivity index (χ3v) is 3.40. The van der Waals surface area contributed by atoms with Gasteiger partial charge in [-0.15, -0.1) is 0 Å². The van der Waals surface area contributed by atoms with Crippen LogP contribution >= 0.6 is 0 Å². The molecule has 4 nitrogen and oxygen atoms in total. The fourth-order valence-corrected chi connectivity index (χ4v) is 2.34. The molecule has 0 spiro atoms. The Labute approximate surface area is 112 Å². The lowest BCUT2D eigenvalue weighted by Crippen LogP contribution is -2.52. The minimum atomic E-state index is -1.18. The van der Waals surface area contributed by atoms with Crippen molar-refractivity contribution in [2.75, 3.05) is 0 Å². The van der Waals surface area contributed by atoms with Crippen molar-refractivity contribution >= 4 is 11.9 Å². The third-order valence-electron chi connectivity index (χ3n) is 3.40. The summed E-state index contributed by atoms with van der Waals surface area (Å²) in [5.74, 6) is -3.19. The van der Waals surface area contributed by atoms with Gasteiger partial charge in [0, 0.05) is 19.3 Å². The molecule has 0 unspecified atom stereocenters. The van der Waals surface area contributed by atoms with Gasteiger partial charge in [-0.3, -0.25) is 9.59 Å². The lowest BCUT2D eigenvalue weighted by molar-refractivity contribution is -0.243. The Morgan fingerprint density at radius 3 is 1.95 bits per heavy atom. The van der Waals surface area contributed by atoms with Crippen molar-refractivity contribution in [2.45, 2.75) is 38.9 Å². The van der Waals surface area contributed by atoms with E-state index in [2.05, 4.69) is 0 Å². The first kappa shape index (κ1) is 13.6. The molecule has 1 aliphatic heterocycles. The largest absolute Gasteiger partial charge is 0.422 e. The smallest absolute Gasteiger partial charge is 0.324 e. The molecule has 0 aromatic heterocycles. The number of hydrogen-bond acceptors (Lipinski definition) is 4. The first-order valence-corrected chi connectivity index (χ1v) is 6.25. The number of carbonyl (C=O) groups excluding carboxylic acids is 2. The second-order valence-corrected chi connectivity index (χ2v) is 5.76. The van der Waals surface area contributed by atoms with Gasteiger partial charge in [-0.1, -0.05) is 44.2 Å². The maximum absolute atomic E-state index is 12.1. The summed E-state index contributed by atoms with van der Waals surface area (Å²) in [6.07, 6.45) is 0.